The number of carbonyl (C=O) groups excluding carboxylic acids is 1. The van der Waals surface area contributed by atoms with E-state index in [4.69, 9.17) is 0 Å². The van der Waals surface area contributed by atoms with E-state index in [9.17, 15) is 13.6 Å². The molecule has 3 aromatic rings. The average Bonchev–Trinajstić information content (AvgIpc) is 2.89. The summed E-state index contributed by atoms with van der Waals surface area (Å²) in [6.45, 7) is 1.83. The minimum Gasteiger partial charge on any atom is -0.302 e. The molecule has 1 amide bonds. The number of carbonyl (C=O) groups is 1. The highest BCUT2D eigenvalue weighted by atomic mass is 32.1. The molecule has 0 aliphatic rings. The quantitative estimate of drug-likeness (QED) is 0.730. The van der Waals surface area contributed by atoms with E-state index in [0.717, 1.165) is 10.6 Å². The third kappa shape index (κ3) is 4.48. The highest BCUT2D eigenvalue weighted by Gasteiger charge is 2.13. The van der Waals surface area contributed by atoms with E-state index in [0.29, 0.717) is 22.7 Å². The molecule has 1 aromatic heterocycles. The summed E-state index contributed by atoms with van der Waals surface area (Å²) in [6, 6.07) is 12.5. The molecule has 0 aliphatic carbocycles. The van der Waals surface area contributed by atoms with Crippen molar-refractivity contribution in [3.63, 3.8) is 0 Å². The fourth-order valence-corrected chi connectivity index (χ4v) is 3.46. The van der Waals surface area contributed by atoms with Gasteiger partial charge in [0.15, 0.2) is 5.13 Å². The van der Waals surface area contributed by atoms with Crippen molar-refractivity contribution in [3.8, 4) is 0 Å². The number of nitrogens with zero attached hydrogens (tertiary/aromatic N) is 1. The van der Waals surface area contributed by atoms with Gasteiger partial charge in [0, 0.05) is 11.3 Å². The molecule has 128 valence electrons. The van der Waals surface area contributed by atoms with Gasteiger partial charge in [0.2, 0.25) is 5.91 Å². The van der Waals surface area contributed by atoms with Crippen molar-refractivity contribution in [2.45, 2.75) is 19.8 Å². The molecule has 0 spiro atoms. The number of halogens is 2. The number of nitrogens with one attached hydrogen (secondary N) is 1. The van der Waals surface area contributed by atoms with Crippen LogP contribution in [0.2, 0.25) is 0 Å². The number of hydrogen-bond donors (Lipinski definition) is 1. The van der Waals surface area contributed by atoms with Gasteiger partial charge >= 0.3 is 0 Å². The molecule has 0 unspecified atom stereocenters. The van der Waals surface area contributed by atoms with E-state index < -0.39 is 0 Å². The topological polar surface area (TPSA) is 42.0 Å². The normalized spacial score (nSPS) is 10.7. The van der Waals surface area contributed by atoms with Crippen molar-refractivity contribution >= 4 is 22.4 Å². The van der Waals surface area contributed by atoms with E-state index in [1.54, 1.807) is 30.3 Å². The number of rotatable bonds is 5. The van der Waals surface area contributed by atoms with E-state index in [2.05, 4.69) is 10.3 Å². The summed E-state index contributed by atoms with van der Waals surface area (Å²) in [5.41, 5.74) is 1.94. The highest BCUT2D eigenvalue weighted by molar-refractivity contribution is 7.15. The third-order valence-corrected chi connectivity index (χ3v) is 4.77. The van der Waals surface area contributed by atoms with Crippen molar-refractivity contribution in [1.82, 2.24) is 4.98 Å². The van der Waals surface area contributed by atoms with Gasteiger partial charge in [-0.25, -0.2) is 13.8 Å². The lowest BCUT2D eigenvalue weighted by Gasteiger charge is -2.02. The van der Waals surface area contributed by atoms with Gasteiger partial charge in [-0.05, 0) is 36.2 Å². The molecule has 3 rings (SSSR count). The van der Waals surface area contributed by atoms with Crippen LogP contribution < -0.4 is 5.32 Å². The predicted octanol–water partition coefficient (Wildman–Crippen LogP) is 4.50. The smallest absolute Gasteiger partial charge is 0.230 e. The van der Waals surface area contributed by atoms with Crippen LogP contribution in [0.25, 0.3) is 0 Å². The molecule has 0 saturated heterocycles. The molecule has 2 aromatic carbocycles. The Morgan fingerprint density at radius 3 is 2.72 bits per heavy atom. The van der Waals surface area contributed by atoms with Gasteiger partial charge in [-0.15, -0.1) is 11.3 Å². The van der Waals surface area contributed by atoms with Gasteiger partial charge in [-0.2, -0.15) is 0 Å². The van der Waals surface area contributed by atoms with Crippen LogP contribution in [0.1, 0.15) is 21.7 Å². The van der Waals surface area contributed by atoms with Gasteiger partial charge in [0.1, 0.15) is 11.6 Å². The monoisotopic (exact) mass is 358 g/mol. The summed E-state index contributed by atoms with van der Waals surface area (Å²) in [5.74, 6) is -0.897. The second-order valence-electron chi connectivity index (χ2n) is 5.65. The van der Waals surface area contributed by atoms with Crippen molar-refractivity contribution in [2.75, 3.05) is 5.32 Å². The molecule has 25 heavy (non-hydrogen) atoms. The zero-order chi connectivity index (χ0) is 17.8. The van der Waals surface area contributed by atoms with Crippen LogP contribution >= 0.6 is 11.3 Å². The Balaban J connectivity index is 1.68. The number of aromatic nitrogens is 1. The van der Waals surface area contributed by atoms with Crippen molar-refractivity contribution < 1.29 is 13.6 Å². The van der Waals surface area contributed by atoms with Crippen LogP contribution in [0.4, 0.5) is 13.9 Å². The fourth-order valence-electron chi connectivity index (χ4n) is 2.46. The summed E-state index contributed by atoms with van der Waals surface area (Å²) < 4.78 is 27.0. The SMILES string of the molecule is Cc1nc(NC(=O)Cc2cccc(F)c2)sc1Cc1ccccc1F. The number of hydrogen-bond acceptors (Lipinski definition) is 3. The minimum absolute atomic E-state index is 0.0685. The molecule has 3 nitrogen and oxygen atoms in total. The Morgan fingerprint density at radius 2 is 1.96 bits per heavy atom. The molecule has 0 aliphatic heterocycles. The van der Waals surface area contributed by atoms with Crippen LogP contribution in [-0.4, -0.2) is 10.9 Å². The summed E-state index contributed by atoms with van der Waals surface area (Å²) in [4.78, 5) is 17.3. The van der Waals surface area contributed by atoms with Crippen LogP contribution in [-0.2, 0) is 17.6 Å². The Kier molecular flexibility index (Phi) is 5.19. The number of aryl methyl sites for hydroxylation is 1. The Morgan fingerprint density at radius 1 is 1.16 bits per heavy atom. The zero-order valence-electron chi connectivity index (χ0n) is 13.6. The summed E-state index contributed by atoms with van der Waals surface area (Å²) >= 11 is 1.32. The van der Waals surface area contributed by atoms with Crippen molar-refractivity contribution in [1.29, 1.82) is 0 Å². The fraction of sp³-hybridized carbons (Fsp3) is 0.158. The lowest BCUT2D eigenvalue weighted by atomic mass is 10.1. The Bertz CT molecular complexity index is 908. The standard InChI is InChI=1S/C19H16F2N2OS/c1-12-17(11-14-6-2-3-8-16(14)21)25-19(22-12)23-18(24)10-13-5-4-7-15(20)9-13/h2-9H,10-11H2,1H3,(H,22,23,24). The summed E-state index contributed by atoms with van der Waals surface area (Å²) in [6.07, 6.45) is 0.495. The molecular weight excluding hydrogens is 342 g/mol. The van der Waals surface area contributed by atoms with Crippen molar-refractivity contribution in [2.24, 2.45) is 0 Å². The molecule has 0 fully saturated rings. The first-order valence-corrected chi connectivity index (χ1v) is 8.57. The van der Waals surface area contributed by atoms with Gasteiger partial charge in [0.05, 0.1) is 12.1 Å². The third-order valence-electron chi connectivity index (χ3n) is 3.70. The maximum absolute atomic E-state index is 13.8. The molecule has 0 radical (unpaired) electrons. The lowest BCUT2D eigenvalue weighted by Crippen LogP contribution is -2.14. The van der Waals surface area contributed by atoms with E-state index in [1.165, 1.54) is 29.5 Å². The maximum Gasteiger partial charge on any atom is 0.230 e. The number of benzene rings is 2. The van der Waals surface area contributed by atoms with Crippen LogP contribution in [0.15, 0.2) is 48.5 Å². The number of anilines is 1. The first kappa shape index (κ1) is 17.2. The molecule has 0 atom stereocenters. The first-order valence-electron chi connectivity index (χ1n) is 7.75. The van der Waals surface area contributed by atoms with Crippen LogP contribution in [0, 0.1) is 18.6 Å². The van der Waals surface area contributed by atoms with Crippen LogP contribution in [0.3, 0.4) is 0 Å². The first-order chi connectivity index (χ1) is 12.0. The zero-order valence-corrected chi connectivity index (χ0v) is 14.4. The highest BCUT2D eigenvalue weighted by Crippen LogP contribution is 2.26. The van der Waals surface area contributed by atoms with Gasteiger partial charge in [0.25, 0.3) is 0 Å². The van der Waals surface area contributed by atoms with Crippen LogP contribution in [0.5, 0.6) is 0 Å². The summed E-state index contributed by atoms with van der Waals surface area (Å²) in [5, 5.41) is 3.19. The minimum atomic E-state index is -0.373. The van der Waals surface area contributed by atoms with E-state index in [1.807, 2.05) is 6.92 Å². The molecular formula is C19H16F2N2OS. The van der Waals surface area contributed by atoms with Gasteiger partial charge < -0.3 is 5.32 Å². The second-order valence-corrected chi connectivity index (χ2v) is 6.73. The van der Waals surface area contributed by atoms with Gasteiger partial charge in [-0.3, -0.25) is 4.79 Å². The maximum atomic E-state index is 13.8. The molecule has 6 heteroatoms. The predicted molar refractivity (Wildman–Crippen MR) is 94.8 cm³/mol. The number of amides is 1. The Labute approximate surface area is 148 Å². The van der Waals surface area contributed by atoms with Crippen molar-refractivity contribution in [3.05, 3.63) is 81.9 Å². The van der Waals surface area contributed by atoms with E-state index in [-0.39, 0.29) is 24.0 Å². The molecule has 0 saturated carbocycles. The van der Waals surface area contributed by atoms with Gasteiger partial charge in [-0.1, -0.05) is 30.3 Å². The molecule has 1 N–H and O–H groups in total. The second kappa shape index (κ2) is 7.53. The molecule has 1 heterocycles. The molecule has 0 bridgehead atoms. The Hall–Kier alpha value is -2.60. The summed E-state index contributed by atoms with van der Waals surface area (Å²) in [7, 11) is 0. The lowest BCUT2D eigenvalue weighted by molar-refractivity contribution is -0.115. The average molecular weight is 358 g/mol. The largest absolute Gasteiger partial charge is 0.302 e. The van der Waals surface area contributed by atoms with E-state index >= 15 is 0 Å². The number of thiazole rings is 1.